The van der Waals surface area contributed by atoms with Crippen LogP contribution in [0.1, 0.15) is 16.8 Å². The lowest BCUT2D eigenvalue weighted by Gasteiger charge is -2.36. The number of para-hydroxylation sites is 1. The smallest absolute Gasteiger partial charge is 0.166 e. The third kappa shape index (κ3) is 3.62. The van der Waals surface area contributed by atoms with Crippen LogP contribution in [0, 0.1) is 0 Å². The average molecular weight is 368 g/mol. The standard InChI is InChI=1S/C21H22ClN3O/c22-16-5-7-17(8-6-16)25-13-11-24(12-14-25)10-9-21(26)19-15-23-20-4-2-1-3-18(19)20/h1-8,15,23H,9-14H2. The Kier molecular flexibility index (Phi) is 4.96. The number of piperazine rings is 1. The number of hydrogen-bond acceptors (Lipinski definition) is 3. The van der Waals surface area contributed by atoms with Crippen molar-refractivity contribution in [1.29, 1.82) is 0 Å². The maximum Gasteiger partial charge on any atom is 0.166 e. The number of nitrogens with one attached hydrogen (secondary N) is 1. The van der Waals surface area contributed by atoms with Gasteiger partial charge in [-0.2, -0.15) is 0 Å². The molecule has 0 atom stereocenters. The van der Waals surface area contributed by atoms with Crippen LogP contribution in [0.2, 0.25) is 5.02 Å². The van der Waals surface area contributed by atoms with Gasteiger partial charge in [-0.1, -0.05) is 29.8 Å². The Hall–Kier alpha value is -2.30. The number of fused-ring (bicyclic) bond motifs is 1. The Morgan fingerprint density at radius 2 is 1.73 bits per heavy atom. The highest BCUT2D eigenvalue weighted by Crippen LogP contribution is 2.21. The zero-order valence-corrected chi connectivity index (χ0v) is 15.4. The number of halogens is 1. The third-order valence-electron chi connectivity index (χ3n) is 5.11. The predicted octanol–water partition coefficient (Wildman–Crippen LogP) is 4.22. The van der Waals surface area contributed by atoms with Gasteiger partial charge in [0.15, 0.2) is 5.78 Å². The van der Waals surface area contributed by atoms with E-state index >= 15 is 0 Å². The molecule has 26 heavy (non-hydrogen) atoms. The molecular weight excluding hydrogens is 346 g/mol. The summed E-state index contributed by atoms with van der Waals surface area (Å²) in [6.07, 6.45) is 2.40. The predicted molar refractivity (Wildman–Crippen MR) is 107 cm³/mol. The number of carbonyl (C=O) groups excluding carboxylic acids is 1. The molecule has 3 aromatic rings. The molecule has 5 heteroatoms. The summed E-state index contributed by atoms with van der Waals surface area (Å²) in [5, 5.41) is 1.79. The summed E-state index contributed by atoms with van der Waals surface area (Å²) >= 11 is 5.96. The number of aromatic amines is 1. The molecule has 134 valence electrons. The number of rotatable bonds is 5. The van der Waals surface area contributed by atoms with Crippen LogP contribution < -0.4 is 4.90 Å². The molecule has 0 aliphatic carbocycles. The number of Topliss-reactive ketones (excluding diaryl/α,β-unsaturated/α-hetero) is 1. The van der Waals surface area contributed by atoms with Crippen molar-refractivity contribution in [3.8, 4) is 0 Å². The summed E-state index contributed by atoms with van der Waals surface area (Å²) in [6.45, 7) is 4.71. The number of benzene rings is 2. The molecule has 1 aliphatic rings. The van der Waals surface area contributed by atoms with E-state index in [1.165, 1.54) is 5.69 Å². The molecule has 4 rings (SSSR count). The van der Waals surface area contributed by atoms with E-state index in [0.717, 1.165) is 54.2 Å². The first-order chi connectivity index (χ1) is 12.7. The Balaban J connectivity index is 1.31. The first-order valence-electron chi connectivity index (χ1n) is 9.03. The maximum atomic E-state index is 12.6. The Bertz CT molecular complexity index is 895. The number of nitrogens with zero attached hydrogens (tertiary/aromatic N) is 2. The molecule has 1 fully saturated rings. The van der Waals surface area contributed by atoms with Crippen LogP contribution in [0.3, 0.4) is 0 Å². The SMILES string of the molecule is O=C(CCN1CCN(c2ccc(Cl)cc2)CC1)c1c[nH]c2ccccc12. The first kappa shape index (κ1) is 17.1. The Morgan fingerprint density at radius 3 is 2.50 bits per heavy atom. The fraction of sp³-hybridized carbons (Fsp3) is 0.286. The molecule has 0 bridgehead atoms. The van der Waals surface area contributed by atoms with Crippen molar-refractivity contribution in [1.82, 2.24) is 9.88 Å². The van der Waals surface area contributed by atoms with Crippen LogP contribution in [-0.4, -0.2) is 48.4 Å². The Labute approximate surface area is 158 Å². The van der Waals surface area contributed by atoms with Gasteiger partial charge in [0.25, 0.3) is 0 Å². The lowest BCUT2D eigenvalue weighted by atomic mass is 10.1. The van der Waals surface area contributed by atoms with Gasteiger partial charge in [0, 0.05) is 72.5 Å². The van der Waals surface area contributed by atoms with Gasteiger partial charge < -0.3 is 9.88 Å². The second-order valence-electron chi connectivity index (χ2n) is 6.73. The van der Waals surface area contributed by atoms with E-state index in [9.17, 15) is 4.79 Å². The molecular formula is C21H22ClN3O. The van der Waals surface area contributed by atoms with E-state index in [1.54, 1.807) is 0 Å². The van der Waals surface area contributed by atoms with E-state index in [4.69, 9.17) is 11.6 Å². The zero-order chi connectivity index (χ0) is 17.9. The molecule has 2 heterocycles. The number of ketones is 1. The second-order valence-corrected chi connectivity index (χ2v) is 7.16. The molecule has 4 nitrogen and oxygen atoms in total. The van der Waals surface area contributed by atoms with E-state index in [2.05, 4.69) is 26.9 Å². The number of H-pyrrole nitrogens is 1. The van der Waals surface area contributed by atoms with Crippen molar-refractivity contribution in [3.05, 3.63) is 65.3 Å². The van der Waals surface area contributed by atoms with Crippen LogP contribution in [0.15, 0.2) is 54.7 Å². The molecule has 1 aliphatic heterocycles. The number of hydrogen-bond donors (Lipinski definition) is 1. The summed E-state index contributed by atoms with van der Waals surface area (Å²) in [6, 6.07) is 16.0. The normalized spacial score (nSPS) is 15.5. The van der Waals surface area contributed by atoms with Gasteiger partial charge in [0.1, 0.15) is 0 Å². The van der Waals surface area contributed by atoms with E-state index in [0.29, 0.717) is 6.42 Å². The zero-order valence-electron chi connectivity index (χ0n) is 14.6. The van der Waals surface area contributed by atoms with Gasteiger partial charge in [0.2, 0.25) is 0 Å². The van der Waals surface area contributed by atoms with Gasteiger partial charge in [-0.3, -0.25) is 9.69 Å². The molecule has 1 N–H and O–H groups in total. The highest BCUT2D eigenvalue weighted by atomic mass is 35.5. The topological polar surface area (TPSA) is 39.3 Å². The molecule has 2 aromatic carbocycles. The summed E-state index contributed by atoms with van der Waals surface area (Å²) in [5.41, 5.74) is 3.04. The lowest BCUT2D eigenvalue weighted by Crippen LogP contribution is -2.46. The first-order valence-corrected chi connectivity index (χ1v) is 9.41. The van der Waals surface area contributed by atoms with Crippen molar-refractivity contribution in [2.45, 2.75) is 6.42 Å². The van der Waals surface area contributed by atoms with Crippen LogP contribution >= 0.6 is 11.6 Å². The molecule has 1 saturated heterocycles. The van der Waals surface area contributed by atoms with Gasteiger partial charge in [0.05, 0.1) is 0 Å². The monoisotopic (exact) mass is 367 g/mol. The Morgan fingerprint density at radius 1 is 1.00 bits per heavy atom. The average Bonchev–Trinajstić information content (AvgIpc) is 3.11. The summed E-state index contributed by atoms with van der Waals surface area (Å²) in [4.78, 5) is 20.5. The van der Waals surface area contributed by atoms with Gasteiger partial charge in [-0.25, -0.2) is 0 Å². The van der Waals surface area contributed by atoms with E-state index in [1.807, 2.05) is 42.6 Å². The molecule has 1 aromatic heterocycles. The molecule has 0 amide bonds. The fourth-order valence-corrected chi connectivity index (χ4v) is 3.70. The number of aromatic nitrogens is 1. The number of anilines is 1. The molecule has 0 radical (unpaired) electrons. The summed E-state index contributed by atoms with van der Waals surface area (Å²) < 4.78 is 0. The van der Waals surface area contributed by atoms with Crippen LogP contribution in [0.5, 0.6) is 0 Å². The van der Waals surface area contributed by atoms with E-state index < -0.39 is 0 Å². The largest absolute Gasteiger partial charge is 0.369 e. The fourth-order valence-electron chi connectivity index (χ4n) is 3.58. The van der Waals surface area contributed by atoms with Crippen LogP contribution in [0.4, 0.5) is 5.69 Å². The minimum atomic E-state index is 0.211. The van der Waals surface area contributed by atoms with Crippen molar-refractivity contribution in [3.63, 3.8) is 0 Å². The number of carbonyl (C=O) groups is 1. The molecule has 0 saturated carbocycles. The second kappa shape index (κ2) is 7.52. The summed E-state index contributed by atoms with van der Waals surface area (Å²) in [5.74, 6) is 0.211. The van der Waals surface area contributed by atoms with Crippen molar-refractivity contribution in [2.24, 2.45) is 0 Å². The van der Waals surface area contributed by atoms with Gasteiger partial charge in [-0.05, 0) is 30.3 Å². The van der Waals surface area contributed by atoms with E-state index in [-0.39, 0.29) is 5.78 Å². The van der Waals surface area contributed by atoms with Gasteiger partial charge in [-0.15, -0.1) is 0 Å². The maximum absolute atomic E-state index is 12.6. The highest BCUT2D eigenvalue weighted by Gasteiger charge is 2.19. The van der Waals surface area contributed by atoms with Crippen molar-refractivity contribution in [2.75, 3.05) is 37.6 Å². The van der Waals surface area contributed by atoms with Crippen LogP contribution in [0.25, 0.3) is 10.9 Å². The van der Waals surface area contributed by atoms with Crippen molar-refractivity contribution < 1.29 is 4.79 Å². The summed E-state index contributed by atoms with van der Waals surface area (Å²) in [7, 11) is 0. The highest BCUT2D eigenvalue weighted by molar-refractivity contribution is 6.30. The lowest BCUT2D eigenvalue weighted by molar-refractivity contribution is 0.0964. The molecule has 0 unspecified atom stereocenters. The minimum Gasteiger partial charge on any atom is -0.369 e. The van der Waals surface area contributed by atoms with Crippen LogP contribution in [-0.2, 0) is 0 Å². The quantitative estimate of drug-likeness (QED) is 0.686. The van der Waals surface area contributed by atoms with Crippen molar-refractivity contribution >= 4 is 34.0 Å². The third-order valence-corrected chi connectivity index (χ3v) is 5.36. The van der Waals surface area contributed by atoms with Gasteiger partial charge >= 0.3 is 0 Å². The minimum absolute atomic E-state index is 0.211. The molecule has 0 spiro atoms.